The second-order valence-corrected chi connectivity index (χ2v) is 3.36. The van der Waals surface area contributed by atoms with Gasteiger partial charge < -0.3 is 0 Å². The molecule has 0 fully saturated rings. The molecule has 0 aliphatic rings. The molecule has 0 saturated carbocycles. The van der Waals surface area contributed by atoms with Gasteiger partial charge >= 0.3 is 0 Å². The zero-order valence-corrected chi connectivity index (χ0v) is 8.30. The highest BCUT2D eigenvalue weighted by atomic mass is 14.2. The molecule has 0 unspecified atom stereocenters. The van der Waals surface area contributed by atoms with Crippen molar-refractivity contribution in [3.05, 3.63) is 34.9 Å². The van der Waals surface area contributed by atoms with E-state index in [2.05, 4.69) is 19.1 Å². The number of hydrogen-bond acceptors (Lipinski definition) is 1. The van der Waals surface area contributed by atoms with Gasteiger partial charge in [-0.1, -0.05) is 25.5 Å². The maximum atomic E-state index is 8.82. The third kappa shape index (κ3) is 2.59. The minimum atomic E-state index is 0.814. The molecule has 1 rings (SSSR count). The van der Waals surface area contributed by atoms with Gasteiger partial charge in [-0.2, -0.15) is 5.26 Å². The van der Waals surface area contributed by atoms with E-state index in [4.69, 9.17) is 5.26 Å². The van der Waals surface area contributed by atoms with Crippen molar-refractivity contribution in [2.24, 2.45) is 0 Å². The van der Waals surface area contributed by atoms with Crippen LogP contribution in [0, 0.1) is 18.3 Å². The number of unbranched alkanes of at least 4 members (excludes halogenated alkanes) is 1. The quantitative estimate of drug-likeness (QED) is 0.688. The first-order valence-electron chi connectivity index (χ1n) is 4.77. The van der Waals surface area contributed by atoms with Crippen LogP contribution in [0.3, 0.4) is 0 Å². The first-order chi connectivity index (χ1) is 6.27. The Bertz CT molecular complexity index is 320. The molecule has 1 aromatic carbocycles. The van der Waals surface area contributed by atoms with Crippen molar-refractivity contribution >= 4 is 0 Å². The topological polar surface area (TPSA) is 23.8 Å². The van der Waals surface area contributed by atoms with Crippen LogP contribution < -0.4 is 0 Å². The summed E-state index contributed by atoms with van der Waals surface area (Å²) in [5, 5.41) is 8.82. The fourth-order valence-electron chi connectivity index (χ4n) is 1.33. The number of nitrogens with zero attached hydrogens (tertiary/aromatic N) is 1. The van der Waals surface area contributed by atoms with Crippen LogP contribution in [-0.4, -0.2) is 0 Å². The standard InChI is InChI=1S/C12H15N/c1-3-4-5-11-7-6-10(2)12(8-11)9-13/h6-8H,3-5H2,1-2H3. The van der Waals surface area contributed by atoms with Gasteiger partial charge in [-0.25, -0.2) is 0 Å². The molecule has 0 bridgehead atoms. The summed E-state index contributed by atoms with van der Waals surface area (Å²) < 4.78 is 0. The first-order valence-corrected chi connectivity index (χ1v) is 4.77. The molecule has 0 amide bonds. The predicted octanol–water partition coefficient (Wildman–Crippen LogP) is 3.21. The molecular weight excluding hydrogens is 158 g/mol. The highest BCUT2D eigenvalue weighted by molar-refractivity contribution is 5.39. The van der Waals surface area contributed by atoms with Crippen LogP contribution in [-0.2, 0) is 6.42 Å². The molecule has 13 heavy (non-hydrogen) atoms. The van der Waals surface area contributed by atoms with Crippen molar-refractivity contribution in [1.29, 1.82) is 5.26 Å². The second-order valence-electron chi connectivity index (χ2n) is 3.36. The lowest BCUT2D eigenvalue weighted by molar-refractivity contribution is 0.794. The van der Waals surface area contributed by atoms with Gasteiger partial charge in [-0.15, -0.1) is 0 Å². The van der Waals surface area contributed by atoms with Crippen LogP contribution in [0.5, 0.6) is 0 Å². The Hall–Kier alpha value is -1.29. The molecule has 0 aliphatic heterocycles. The van der Waals surface area contributed by atoms with Crippen LogP contribution >= 0.6 is 0 Å². The van der Waals surface area contributed by atoms with E-state index in [0.29, 0.717) is 0 Å². The summed E-state index contributed by atoms with van der Waals surface area (Å²) in [5.74, 6) is 0. The van der Waals surface area contributed by atoms with E-state index in [1.165, 1.54) is 18.4 Å². The smallest absolute Gasteiger partial charge is 0.0994 e. The number of benzene rings is 1. The van der Waals surface area contributed by atoms with E-state index >= 15 is 0 Å². The monoisotopic (exact) mass is 173 g/mol. The highest BCUT2D eigenvalue weighted by Crippen LogP contribution is 2.12. The van der Waals surface area contributed by atoms with Crippen molar-refractivity contribution in [1.82, 2.24) is 0 Å². The second kappa shape index (κ2) is 4.67. The Kier molecular flexibility index (Phi) is 3.52. The fraction of sp³-hybridized carbons (Fsp3) is 0.417. The average Bonchev–Trinajstić information content (AvgIpc) is 2.16. The lowest BCUT2D eigenvalue weighted by Gasteiger charge is -2.02. The number of nitriles is 1. The van der Waals surface area contributed by atoms with Gasteiger partial charge in [0.05, 0.1) is 11.6 Å². The molecule has 1 heteroatoms. The zero-order chi connectivity index (χ0) is 9.68. The summed E-state index contributed by atoms with van der Waals surface area (Å²) in [7, 11) is 0. The minimum Gasteiger partial charge on any atom is -0.192 e. The lowest BCUT2D eigenvalue weighted by Crippen LogP contribution is -1.88. The Labute approximate surface area is 80.0 Å². The number of hydrogen-bond donors (Lipinski definition) is 0. The summed E-state index contributed by atoms with van der Waals surface area (Å²) >= 11 is 0. The molecule has 68 valence electrons. The van der Waals surface area contributed by atoms with Gasteiger partial charge in [-0.3, -0.25) is 0 Å². The molecule has 1 nitrogen and oxygen atoms in total. The molecule has 0 saturated heterocycles. The fourth-order valence-corrected chi connectivity index (χ4v) is 1.33. The third-order valence-corrected chi connectivity index (χ3v) is 2.24. The molecule has 0 heterocycles. The van der Waals surface area contributed by atoms with E-state index in [1.807, 2.05) is 19.1 Å². The Morgan fingerprint density at radius 2 is 2.15 bits per heavy atom. The third-order valence-electron chi connectivity index (χ3n) is 2.24. The number of aryl methyl sites for hydroxylation is 2. The van der Waals surface area contributed by atoms with E-state index in [0.717, 1.165) is 17.5 Å². The van der Waals surface area contributed by atoms with E-state index in [9.17, 15) is 0 Å². The normalized spacial score (nSPS) is 9.62. The van der Waals surface area contributed by atoms with Gasteiger partial charge in [0.25, 0.3) is 0 Å². The molecule has 0 atom stereocenters. The predicted molar refractivity (Wildman–Crippen MR) is 54.5 cm³/mol. The average molecular weight is 173 g/mol. The first kappa shape index (κ1) is 9.80. The summed E-state index contributed by atoms with van der Waals surface area (Å²) in [6.45, 7) is 4.15. The van der Waals surface area contributed by atoms with Crippen LogP contribution in [0.15, 0.2) is 18.2 Å². The summed E-state index contributed by atoms with van der Waals surface area (Å²) in [5.41, 5.74) is 3.17. The van der Waals surface area contributed by atoms with E-state index in [-0.39, 0.29) is 0 Å². The van der Waals surface area contributed by atoms with Crippen molar-refractivity contribution in [3.63, 3.8) is 0 Å². The van der Waals surface area contributed by atoms with Gasteiger partial charge in [0, 0.05) is 0 Å². The number of rotatable bonds is 3. The SMILES string of the molecule is CCCCc1ccc(C)c(C#N)c1. The summed E-state index contributed by atoms with van der Waals surface area (Å²) in [4.78, 5) is 0. The van der Waals surface area contributed by atoms with Crippen LogP contribution in [0.25, 0.3) is 0 Å². The van der Waals surface area contributed by atoms with E-state index < -0.39 is 0 Å². The summed E-state index contributed by atoms with van der Waals surface area (Å²) in [6.07, 6.45) is 3.50. The van der Waals surface area contributed by atoms with Crippen LogP contribution in [0.2, 0.25) is 0 Å². The van der Waals surface area contributed by atoms with Crippen molar-refractivity contribution in [3.8, 4) is 6.07 Å². The Morgan fingerprint density at radius 1 is 1.38 bits per heavy atom. The van der Waals surface area contributed by atoms with Crippen molar-refractivity contribution < 1.29 is 0 Å². The maximum absolute atomic E-state index is 8.82. The maximum Gasteiger partial charge on any atom is 0.0994 e. The van der Waals surface area contributed by atoms with E-state index in [1.54, 1.807) is 0 Å². The van der Waals surface area contributed by atoms with Gasteiger partial charge in [0.2, 0.25) is 0 Å². The van der Waals surface area contributed by atoms with Crippen molar-refractivity contribution in [2.45, 2.75) is 33.1 Å². The molecular formula is C12H15N. The minimum absolute atomic E-state index is 0.814. The molecule has 0 radical (unpaired) electrons. The summed E-state index contributed by atoms with van der Waals surface area (Å²) in [6, 6.07) is 8.37. The zero-order valence-electron chi connectivity index (χ0n) is 8.30. The molecule has 0 aromatic heterocycles. The molecule has 0 aliphatic carbocycles. The van der Waals surface area contributed by atoms with Crippen LogP contribution in [0.4, 0.5) is 0 Å². The Balaban J connectivity index is 2.82. The van der Waals surface area contributed by atoms with Crippen molar-refractivity contribution in [2.75, 3.05) is 0 Å². The highest BCUT2D eigenvalue weighted by Gasteiger charge is 1.98. The Morgan fingerprint density at radius 3 is 2.77 bits per heavy atom. The van der Waals surface area contributed by atoms with Gasteiger partial charge in [0.15, 0.2) is 0 Å². The van der Waals surface area contributed by atoms with Gasteiger partial charge in [0.1, 0.15) is 0 Å². The molecule has 0 N–H and O–H groups in total. The van der Waals surface area contributed by atoms with Crippen LogP contribution in [0.1, 0.15) is 36.5 Å². The lowest BCUT2D eigenvalue weighted by atomic mass is 10.0. The largest absolute Gasteiger partial charge is 0.192 e. The molecule has 0 spiro atoms. The van der Waals surface area contributed by atoms with Gasteiger partial charge in [-0.05, 0) is 37.0 Å². The molecule has 1 aromatic rings.